The van der Waals surface area contributed by atoms with Crippen LogP contribution in [0.1, 0.15) is 21.9 Å². The van der Waals surface area contributed by atoms with Gasteiger partial charge in [-0.2, -0.15) is 0 Å². The molecule has 0 radical (unpaired) electrons. The van der Waals surface area contributed by atoms with E-state index in [1.807, 2.05) is 42.3 Å². The van der Waals surface area contributed by atoms with Crippen molar-refractivity contribution in [3.05, 3.63) is 83.6 Å². The molecule has 0 aliphatic heterocycles. The second-order valence-electron chi connectivity index (χ2n) is 5.96. The Labute approximate surface area is 151 Å². The smallest absolute Gasteiger partial charge is 0.274 e. The molecule has 26 heavy (non-hydrogen) atoms. The molecule has 0 unspecified atom stereocenters. The molecule has 0 aliphatic carbocycles. The van der Waals surface area contributed by atoms with Gasteiger partial charge < -0.3 is 10.2 Å². The van der Waals surface area contributed by atoms with E-state index in [9.17, 15) is 9.18 Å². The van der Waals surface area contributed by atoms with Crippen molar-refractivity contribution in [3.63, 3.8) is 0 Å². The van der Waals surface area contributed by atoms with Gasteiger partial charge in [0.05, 0.1) is 0 Å². The van der Waals surface area contributed by atoms with E-state index in [1.54, 1.807) is 19.1 Å². The molecule has 2 aromatic carbocycles. The maximum atomic E-state index is 13.3. The minimum atomic E-state index is -0.412. The van der Waals surface area contributed by atoms with Crippen molar-refractivity contribution in [2.75, 3.05) is 17.3 Å². The number of halogens is 1. The quantitative estimate of drug-likeness (QED) is 0.760. The minimum Gasteiger partial charge on any atom is -0.355 e. The molecule has 0 saturated heterocycles. The van der Waals surface area contributed by atoms with Crippen molar-refractivity contribution in [2.45, 2.75) is 13.5 Å². The van der Waals surface area contributed by atoms with Crippen LogP contribution in [-0.4, -0.2) is 22.9 Å². The molecule has 132 valence electrons. The van der Waals surface area contributed by atoms with E-state index >= 15 is 0 Å². The molecule has 1 amide bonds. The van der Waals surface area contributed by atoms with Crippen molar-refractivity contribution in [1.82, 2.24) is 9.97 Å². The van der Waals surface area contributed by atoms with Gasteiger partial charge >= 0.3 is 0 Å². The summed E-state index contributed by atoms with van der Waals surface area (Å²) >= 11 is 0. The maximum Gasteiger partial charge on any atom is 0.274 e. The Kier molecular flexibility index (Phi) is 5.22. The average Bonchev–Trinajstić information content (AvgIpc) is 2.62. The van der Waals surface area contributed by atoms with Crippen LogP contribution >= 0.6 is 0 Å². The summed E-state index contributed by atoms with van der Waals surface area (Å²) in [6, 6.07) is 17.3. The number of benzene rings is 2. The Balaban J connectivity index is 1.79. The van der Waals surface area contributed by atoms with Crippen molar-refractivity contribution in [1.29, 1.82) is 0 Å². The van der Waals surface area contributed by atoms with E-state index in [0.717, 1.165) is 5.56 Å². The normalized spacial score (nSPS) is 10.4. The second kappa shape index (κ2) is 7.74. The molecule has 0 spiro atoms. The van der Waals surface area contributed by atoms with Gasteiger partial charge in [0.1, 0.15) is 23.2 Å². The molecular weight excluding hydrogens is 331 g/mol. The Morgan fingerprint density at radius 2 is 1.85 bits per heavy atom. The fourth-order valence-electron chi connectivity index (χ4n) is 2.56. The molecule has 1 N–H and O–H groups in total. The molecule has 0 saturated carbocycles. The Bertz CT molecular complexity index is 915. The first-order valence-corrected chi connectivity index (χ1v) is 8.19. The number of hydrogen-bond acceptors (Lipinski definition) is 4. The van der Waals surface area contributed by atoms with E-state index in [1.165, 1.54) is 18.2 Å². The molecule has 0 fully saturated rings. The fourth-order valence-corrected chi connectivity index (χ4v) is 2.56. The number of aryl methyl sites for hydroxylation is 1. The fraction of sp³-hybridized carbons (Fsp3) is 0.150. The highest BCUT2D eigenvalue weighted by Gasteiger charge is 2.13. The van der Waals surface area contributed by atoms with Gasteiger partial charge in [-0.05, 0) is 30.7 Å². The molecule has 0 atom stereocenters. The molecule has 3 aromatic rings. The molecule has 6 heteroatoms. The lowest BCUT2D eigenvalue weighted by molar-refractivity contribution is 0.102. The lowest BCUT2D eigenvalue weighted by Crippen LogP contribution is -2.21. The highest BCUT2D eigenvalue weighted by Crippen LogP contribution is 2.16. The summed E-state index contributed by atoms with van der Waals surface area (Å²) in [7, 11) is 1.91. The van der Waals surface area contributed by atoms with Crippen LogP contribution < -0.4 is 10.2 Å². The van der Waals surface area contributed by atoms with Gasteiger partial charge in [0.2, 0.25) is 0 Å². The van der Waals surface area contributed by atoms with Crippen LogP contribution in [0, 0.1) is 12.7 Å². The Morgan fingerprint density at radius 1 is 1.08 bits per heavy atom. The first-order valence-electron chi connectivity index (χ1n) is 8.19. The SMILES string of the molecule is Cc1nc(C(=O)Nc2cccc(F)c2)cc(N(C)Cc2ccccc2)n1. The molecular formula is C20H19FN4O. The lowest BCUT2D eigenvalue weighted by atomic mass is 10.2. The van der Waals surface area contributed by atoms with Gasteiger partial charge in [-0.1, -0.05) is 36.4 Å². The summed E-state index contributed by atoms with van der Waals surface area (Å²) in [6.45, 7) is 2.39. The number of nitrogens with zero attached hydrogens (tertiary/aromatic N) is 3. The number of rotatable bonds is 5. The topological polar surface area (TPSA) is 58.1 Å². The van der Waals surface area contributed by atoms with E-state index in [0.29, 0.717) is 23.9 Å². The first-order chi connectivity index (χ1) is 12.5. The first kappa shape index (κ1) is 17.5. The molecule has 0 bridgehead atoms. The van der Waals surface area contributed by atoms with Gasteiger partial charge in [0.15, 0.2) is 0 Å². The predicted octanol–water partition coefficient (Wildman–Crippen LogP) is 3.81. The summed E-state index contributed by atoms with van der Waals surface area (Å²) in [6.07, 6.45) is 0. The van der Waals surface area contributed by atoms with E-state index in [4.69, 9.17) is 0 Å². The van der Waals surface area contributed by atoms with Gasteiger partial charge in [-0.15, -0.1) is 0 Å². The highest BCUT2D eigenvalue weighted by molar-refractivity contribution is 6.03. The third-order valence-electron chi connectivity index (χ3n) is 3.79. The maximum absolute atomic E-state index is 13.3. The number of anilines is 2. The van der Waals surface area contributed by atoms with Crippen molar-refractivity contribution in [2.24, 2.45) is 0 Å². The third kappa shape index (κ3) is 4.42. The van der Waals surface area contributed by atoms with Crippen LogP contribution in [0.3, 0.4) is 0 Å². The predicted molar refractivity (Wildman–Crippen MR) is 99.7 cm³/mol. The zero-order valence-corrected chi connectivity index (χ0v) is 14.6. The number of aromatic nitrogens is 2. The zero-order valence-electron chi connectivity index (χ0n) is 14.6. The van der Waals surface area contributed by atoms with E-state index in [2.05, 4.69) is 15.3 Å². The summed E-state index contributed by atoms with van der Waals surface area (Å²) in [5.74, 6) is 0.318. The Hall–Kier alpha value is -3.28. The van der Waals surface area contributed by atoms with Crippen LogP contribution in [0.2, 0.25) is 0 Å². The van der Waals surface area contributed by atoms with Gasteiger partial charge in [-0.3, -0.25) is 4.79 Å². The Morgan fingerprint density at radius 3 is 2.58 bits per heavy atom. The van der Waals surface area contributed by atoms with Crippen LogP contribution in [0.25, 0.3) is 0 Å². The monoisotopic (exact) mass is 350 g/mol. The summed E-state index contributed by atoms with van der Waals surface area (Å²) in [4.78, 5) is 23.0. The number of amides is 1. The average molecular weight is 350 g/mol. The second-order valence-corrected chi connectivity index (χ2v) is 5.96. The third-order valence-corrected chi connectivity index (χ3v) is 3.79. The highest BCUT2D eigenvalue weighted by atomic mass is 19.1. The number of nitrogens with one attached hydrogen (secondary N) is 1. The van der Waals surface area contributed by atoms with E-state index in [-0.39, 0.29) is 5.69 Å². The van der Waals surface area contributed by atoms with Crippen LogP contribution in [0.4, 0.5) is 15.9 Å². The molecule has 5 nitrogen and oxygen atoms in total. The van der Waals surface area contributed by atoms with Crippen LogP contribution in [0.5, 0.6) is 0 Å². The molecule has 1 aromatic heterocycles. The summed E-state index contributed by atoms with van der Waals surface area (Å²) in [5.41, 5.74) is 1.75. The molecule has 0 aliphatic rings. The molecule has 1 heterocycles. The number of hydrogen-bond donors (Lipinski definition) is 1. The largest absolute Gasteiger partial charge is 0.355 e. The van der Waals surface area contributed by atoms with E-state index < -0.39 is 11.7 Å². The van der Waals surface area contributed by atoms with Gasteiger partial charge in [-0.25, -0.2) is 14.4 Å². The lowest BCUT2D eigenvalue weighted by Gasteiger charge is -2.19. The van der Waals surface area contributed by atoms with Gasteiger partial charge in [0.25, 0.3) is 5.91 Å². The number of carbonyl (C=O) groups is 1. The standard InChI is InChI=1S/C20H19FN4O/c1-14-22-18(20(26)24-17-10-6-9-16(21)11-17)12-19(23-14)25(2)13-15-7-4-3-5-8-15/h3-12H,13H2,1-2H3,(H,24,26). The van der Waals surface area contributed by atoms with Gasteiger partial charge in [0, 0.05) is 25.3 Å². The number of carbonyl (C=O) groups excluding carboxylic acids is 1. The van der Waals surface area contributed by atoms with Crippen LogP contribution in [-0.2, 0) is 6.54 Å². The van der Waals surface area contributed by atoms with Crippen molar-refractivity contribution in [3.8, 4) is 0 Å². The minimum absolute atomic E-state index is 0.233. The summed E-state index contributed by atoms with van der Waals surface area (Å²) in [5, 5.41) is 2.65. The summed E-state index contributed by atoms with van der Waals surface area (Å²) < 4.78 is 13.3. The van der Waals surface area contributed by atoms with Crippen molar-refractivity contribution >= 4 is 17.4 Å². The zero-order chi connectivity index (χ0) is 18.5. The molecule has 3 rings (SSSR count). The van der Waals surface area contributed by atoms with Crippen molar-refractivity contribution < 1.29 is 9.18 Å². The van der Waals surface area contributed by atoms with Crippen LogP contribution in [0.15, 0.2) is 60.7 Å².